The van der Waals surface area contributed by atoms with E-state index in [0.717, 1.165) is 11.1 Å². The van der Waals surface area contributed by atoms with Gasteiger partial charge in [-0.1, -0.05) is 24.3 Å². The van der Waals surface area contributed by atoms with Gasteiger partial charge in [0, 0.05) is 12.1 Å². The van der Waals surface area contributed by atoms with E-state index < -0.39 is 4.92 Å². The van der Waals surface area contributed by atoms with Crippen LogP contribution in [-0.4, -0.2) is 10.0 Å². The normalized spacial score (nSPS) is 10.1. The molecule has 2 aromatic carbocycles. The maximum Gasteiger partial charge on any atom is 1.00 e. The second-order valence-corrected chi connectivity index (χ2v) is 3.77. The molecule has 0 heterocycles. The van der Waals surface area contributed by atoms with Crippen LogP contribution in [0.25, 0.3) is 12.2 Å². The predicted octanol–water partition coefficient (Wildman–Crippen LogP) is 0.587. The summed E-state index contributed by atoms with van der Waals surface area (Å²) in [6.45, 7) is 0. The fraction of sp³-hybridized carbons (Fsp3) is 0. The van der Waals surface area contributed by atoms with Crippen LogP contribution in [0.1, 0.15) is 12.6 Å². The molecule has 0 unspecified atom stereocenters. The van der Waals surface area contributed by atoms with Gasteiger partial charge < -0.3 is 6.53 Å². The number of nitrogens with zero attached hydrogens (tertiary/aromatic N) is 1. The summed E-state index contributed by atoms with van der Waals surface area (Å²) < 4.78 is 0. The largest absolute Gasteiger partial charge is 1.00 e. The minimum absolute atomic E-state index is 0. The standard InChI is InChI=1S/C14H11NO3.K.H/c16-14-9-5-12(6-10-14)2-1-11-3-7-13(8-4-11)15(17)18;;/h1-10,16H;;/q;+1;-1. The van der Waals surface area contributed by atoms with Crippen LogP contribution in [0.4, 0.5) is 5.69 Å². The fourth-order valence-electron chi connectivity index (χ4n) is 1.49. The summed E-state index contributed by atoms with van der Waals surface area (Å²) in [6.07, 6.45) is 3.73. The molecule has 0 bridgehead atoms. The molecule has 4 nitrogen and oxygen atoms in total. The Kier molecular flexibility index (Phi) is 6.40. The molecule has 2 aromatic rings. The van der Waals surface area contributed by atoms with Gasteiger partial charge in [-0.15, -0.1) is 0 Å². The van der Waals surface area contributed by atoms with Crippen LogP contribution in [-0.2, 0) is 0 Å². The van der Waals surface area contributed by atoms with E-state index in [1.807, 2.05) is 12.2 Å². The first-order valence-corrected chi connectivity index (χ1v) is 5.37. The van der Waals surface area contributed by atoms with Crippen LogP contribution in [0.2, 0.25) is 0 Å². The molecule has 0 saturated heterocycles. The molecule has 0 aliphatic carbocycles. The van der Waals surface area contributed by atoms with Gasteiger partial charge in [0.15, 0.2) is 0 Å². The average Bonchev–Trinajstić information content (AvgIpc) is 2.38. The Labute approximate surface area is 154 Å². The summed E-state index contributed by atoms with van der Waals surface area (Å²) in [4.78, 5) is 10.1. The predicted molar refractivity (Wildman–Crippen MR) is 71.2 cm³/mol. The Hall–Kier alpha value is -0.984. The van der Waals surface area contributed by atoms with Crippen molar-refractivity contribution in [2.24, 2.45) is 0 Å². The minimum atomic E-state index is -0.423. The number of rotatable bonds is 3. The third-order valence-corrected chi connectivity index (χ3v) is 2.47. The monoisotopic (exact) mass is 281 g/mol. The molecule has 1 N–H and O–H groups in total. The average molecular weight is 281 g/mol. The maximum atomic E-state index is 10.5. The van der Waals surface area contributed by atoms with Crippen molar-refractivity contribution in [3.8, 4) is 5.75 Å². The quantitative estimate of drug-likeness (QED) is 0.387. The van der Waals surface area contributed by atoms with Gasteiger partial charge in [0.25, 0.3) is 5.69 Å². The fourth-order valence-corrected chi connectivity index (χ4v) is 1.49. The van der Waals surface area contributed by atoms with Gasteiger partial charge in [-0.05, 0) is 35.4 Å². The Morgan fingerprint density at radius 3 is 1.79 bits per heavy atom. The van der Waals surface area contributed by atoms with Crippen LogP contribution in [0.15, 0.2) is 48.5 Å². The number of hydrogen-bond acceptors (Lipinski definition) is 3. The van der Waals surface area contributed by atoms with Crippen molar-refractivity contribution in [1.29, 1.82) is 0 Å². The Morgan fingerprint density at radius 2 is 1.37 bits per heavy atom. The summed E-state index contributed by atoms with van der Waals surface area (Å²) >= 11 is 0. The number of nitro benzene ring substituents is 1. The number of benzene rings is 2. The summed E-state index contributed by atoms with van der Waals surface area (Å²) in [5, 5.41) is 19.6. The topological polar surface area (TPSA) is 63.4 Å². The number of nitro groups is 1. The molecule has 0 aromatic heterocycles. The number of aromatic hydroxyl groups is 1. The van der Waals surface area contributed by atoms with E-state index in [9.17, 15) is 10.1 Å². The Morgan fingerprint density at radius 1 is 0.947 bits per heavy atom. The minimum Gasteiger partial charge on any atom is -1.00 e. The van der Waals surface area contributed by atoms with Crippen molar-refractivity contribution in [1.82, 2.24) is 0 Å². The van der Waals surface area contributed by atoms with E-state index in [4.69, 9.17) is 5.11 Å². The van der Waals surface area contributed by atoms with E-state index in [1.165, 1.54) is 12.1 Å². The molecule has 92 valence electrons. The Balaban J connectivity index is 0.00000180. The molecule has 0 fully saturated rings. The second kappa shape index (κ2) is 7.57. The van der Waals surface area contributed by atoms with E-state index in [1.54, 1.807) is 36.4 Å². The summed E-state index contributed by atoms with van der Waals surface area (Å²) in [7, 11) is 0. The van der Waals surface area contributed by atoms with Crippen molar-refractivity contribution in [2.75, 3.05) is 0 Å². The molecule has 5 heteroatoms. The number of phenols is 1. The van der Waals surface area contributed by atoms with Crippen LogP contribution in [0.3, 0.4) is 0 Å². The molecule has 0 aliphatic heterocycles. The third kappa shape index (κ3) is 4.89. The second-order valence-electron chi connectivity index (χ2n) is 3.77. The van der Waals surface area contributed by atoms with Gasteiger partial charge in [0.05, 0.1) is 4.92 Å². The zero-order valence-corrected chi connectivity index (χ0v) is 13.6. The molecule has 2 rings (SSSR count). The summed E-state index contributed by atoms with van der Waals surface area (Å²) in [6, 6.07) is 13.1. The molecule has 0 aliphatic rings. The summed E-state index contributed by atoms with van der Waals surface area (Å²) in [5.41, 5.74) is 1.91. The number of non-ortho nitro benzene ring substituents is 1. The van der Waals surface area contributed by atoms with Gasteiger partial charge in [-0.25, -0.2) is 0 Å². The molecule has 0 saturated carbocycles. The zero-order valence-electron chi connectivity index (χ0n) is 11.5. The van der Waals surface area contributed by atoms with Crippen LogP contribution < -0.4 is 51.4 Å². The molecule has 0 spiro atoms. The van der Waals surface area contributed by atoms with Crippen LogP contribution in [0, 0.1) is 10.1 Å². The van der Waals surface area contributed by atoms with Gasteiger partial charge in [0.2, 0.25) is 0 Å². The van der Waals surface area contributed by atoms with E-state index in [2.05, 4.69) is 0 Å². The van der Waals surface area contributed by atoms with E-state index in [0.29, 0.717) is 0 Å². The first kappa shape index (κ1) is 16.1. The van der Waals surface area contributed by atoms with Crippen LogP contribution in [0.5, 0.6) is 5.75 Å². The number of hydrogen-bond donors (Lipinski definition) is 1. The first-order chi connectivity index (χ1) is 8.65. The van der Waals surface area contributed by atoms with Crippen molar-refractivity contribution >= 4 is 17.8 Å². The zero-order chi connectivity index (χ0) is 13.0. The van der Waals surface area contributed by atoms with Gasteiger partial charge in [-0.2, -0.15) is 0 Å². The molecule has 19 heavy (non-hydrogen) atoms. The first-order valence-electron chi connectivity index (χ1n) is 5.37. The van der Waals surface area contributed by atoms with Gasteiger partial charge in [-0.3, -0.25) is 10.1 Å². The molecule has 0 radical (unpaired) electrons. The Bertz CT molecular complexity index is 582. The van der Waals surface area contributed by atoms with Crippen molar-refractivity contribution < 1.29 is 62.8 Å². The van der Waals surface area contributed by atoms with Crippen LogP contribution >= 0.6 is 0 Å². The van der Waals surface area contributed by atoms with Gasteiger partial charge in [0.1, 0.15) is 5.75 Å². The van der Waals surface area contributed by atoms with E-state index in [-0.39, 0.29) is 64.2 Å². The molecular formula is C14H12KNO3. The SMILES string of the molecule is O=[N+]([O-])c1ccc(C=Cc2ccc(O)cc2)cc1.[H-].[K+]. The van der Waals surface area contributed by atoms with Crippen molar-refractivity contribution in [3.05, 3.63) is 69.8 Å². The molecular weight excluding hydrogens is 269 g/mol. The summed E-state index contributed by atoms with van der Waals surface area (Å²) in [5.74, 6) is 0.225. The molecule has 0 atom stereocenters. The number of phenolic OH excluding ortho intramolecular Hbond substituents is 1. The third-order valence-electron chi connectivity index (χ3n) is 2.47. The van der Waals surface area contributed by atoms with Crippen molar-refractivity contribution in [3.63, 3.8) is 0 Å². The van der Waals surface area contributed by atoms with Crippen molar-refractivity contribution in [2.45, 2.75) is 0 Å². The smallest absolute Gasteiger partial charge is 1.00 e. The van der Waals surface area contributed by atoms with E-state index >= 15 is 0 Å². The molecule has 0 amide bonds. The van der Waals surface area contributed by atoms with Gasteiger partial charge >= 0.3 is 51.4 Å². The maximum absolute atomic E-state index is 10.5.